The Bertz CT molecular complexity index is 542. The molecule has 2 rings (SSSR count). The Morgan fingerprint density at radius 3 is 2.59 bits per heavy atom. The molecule has 6 nitrogen and oxygen atoms in total. The minimum Gasteiger partial charge on any atom is -0.357 e. The number of nitrogens with one attached hydrogen (secondary N) is 2. The Hall–Kier alpha value is -0.510. The highest BCUT2D eigenvalue weighted by Crippen LogP contribution is 2.33. The summed E-state index contributed by atoms with van der Waals surface area (Å²) < 4.78 is 2.40. The van der Waals surface area contributed by atoms with Crippen molar-refractivity contribution in [3.63, 3.8) is 0 Å². The lowest BCUT2D eigenvalue weighted by Crippen LogP contribution is -2.37. The number of thioether (sulfide) groups is 1. The number of aromatic nitrogens is 3. The molecule has 0 amide bonds. The third-order valence-electron chi connectivity index (χ3n) is 4.85. The maximum absolute atomic E-state index is 4.71. The molecule has 27 heavy (non-hydrogen) atoms. The van der Waals surface area contributed by atoms with Crippen molar-refractivity contribution in [3.8, 4) is 0 Å². The minimum atomic E-state index is 0. The molecule has 0 aliphatic heterocycles. The maximum Gasteiger partial charge on any atom is 0.191 e. The van der Waals surface area contributed by atoms with E-state index in [4.69, 9.17) is 4.99 Å². The van der Waals surface area contributed by atoms with Crippen LogP contribution >= 0.6 is 35.7 Å². The molecule has 0 aromatic carbocycles. The first-order valence-corrected chi connectivity index (χ1v) is 11.5. The van der Waals surface area contributed by atoms with Gasteiger partial charge in [0.05, 0.1) is 0 Å². The van der Waals surface area contributed by atoms with Gasteiger partial charge in [-0.05, 0) is 38.9 Å². The molecule has 8 heteroatoms. The predicted octanol–water partition coefficient (Wildman–Crippen LogP) is 4.41. The van der Waals surface area contributed by atoms with E-state index in [0.29, 0.717) is 6.04 Å². The molecule has 0 radical (unpaired) electrons. The zero-order chi connectivity index (χ0) is 18.6. The van der Waals surface area contributed by atoms with Crippen molar-refractivity contribution in [2.45, 2.75) is 82.8 Å². The van der Waals surface area contributed by atoms with E-state index in [1.165, 1.54) is 44.9 Å². The SMILES string of the molecule is CCCCCNC(=NCCCc1nnc(SC)n1C1CCCC1)NCC.I. The first-order chi connectivity index (χ1) is 12.8. The smallest absolute Gasteiger partial charge is 0.191 e. The first-order valence-electron chi connectivity index (χ1n) is 10.3. The van der Waals surface area contributed by atoms with Crippen molar-refractivity contribution in [3.05, 3.63) is 5.82 Å². The summed E-state index contributed by atoms with van der Waals surface area (Å²) in [7, 11) is 0. The highest BCUT2D eigenvalue weighted by Gasteiger charge is 2.23. The predicted molar refractivity (Wildman–Crippen MR) is 127 cm³/mol. The Morgan fingerprint density at radius 2 is 1.93 bits per heavy atom. The van der Waals surface area contributed by atoms with Crippen molar-refractivity contribution in [1.82, 2.24) is 25.4 Å². The molecular weight excluding hydrogens is 471 g/mol. The number of hydrogen-bond acceptors (Lipinski definition) is 4. The van der Waals surface area contributed by atoms with Gasteiger partial charge in [-0.25, -0.2) is 0 Å². The first kappa shape index (κ1) is 24.5. The summed E-state index contributed by atoms with van der Waals surface area (Å²) in [5.41, 5.74) is 0. The third-order valence-corrected chi connectivity index (χ3v) is 5.50. The molecule has 1 aliphatic rings. The summed E-state index contributed by atoms with van der Waals surface area (Å²) >= 11 is 1.71. The lowest BCUT2D eigenvalue weighted by molar-refractivity contribution is 0.461. The second kappa shape index (κ2) is 14.5. The number of rotatable bonds is 11. The van der Waals surface area contributed by atoms with Gasteiger partial charge in [0.15, 0.2) is 11.1 Å². The van der Waals surface area contributed by atoms with Crippen LogP contribution in [0.4, 0.5) is 0 Å². The normalized spacial score (nSPS) is 15.0. The maximum atomic E-state index is 4.71. The number of guanidine groups is 1. The molecule has 1 fully saturated rings. The van der Waals surface area contributed by atoms with E-state index in [1.54, 1.807) is 11.8 Å². The van der Waals surface area contributed by atoms with Crippen LogP contribution in [0.1, 0.15) is 77.1 Å². The number of unbranched alkanes of at least 4 members (excludes halogenated alkanes) is 2. The van der Waals surface area contributed by atoms with Gasteiger partial charge < -0.3 is 15.2 Å². The molecule has 0 atom stereocenters. The van der Waals surface area contributed by atoms with Crippen LogP contribution in [0.2, 0.25) is 0 Å². The van der Waals surface area contributed by atoms with E-state index in [-0.39, 0.29) is 24.0 Å². The van der Waals surface area contributed by atoms with Gasteiger partial charge in [-0.1, -0.05) is 44.4 Å². The molecule has 1 aromatic rings. The van der Waals surface area contributed by atoms with Gasteiger partial charge in [-0.2, -0.15) is 0 Å². The molecule has 0 unspecified atom stereocenters. The topological polar surface area (TPSA) is 67.1 Å². The summed E-state index contributed by atoms with van der Waals surface area (Å²) in [4.78, 5) is 4.71. The van der Waals surface area contributed by atoms with E-state index in [2.05, 4.69) is 45.5 Å². The van der Waals surface area contributed by atoms with E-state index in [1.807, 2.05) is 0 Å². The van der Waals surface area contributed by atoms with Crippen LogP contribution in [0.5, 0.6) is 0 Å². The van der Waals surface area contributed by atoms with Crippen molar-refractivity contribution in [1.29, 1.82) is 0 Å². The van der Waals surface area contributed by atoms with Crippen LogP contribution in [-0.4, -0.2) is 46.6 Å². The van der Waals surface area contributed by atoms with E-state index >= 15 is 0 Å². The van der Waals surface area contributed by atoms with E-state index in [9.17, 15) is 0 Å². The largest absolute Gasteiger partial charge is 0.357 e. The number of aliphatic imine (C=N–C) groups is 1. The van der Waals surface area contributed by atoms with Gasteiger partial charge in [0.2, 0.25) is 0 Å². The zero-order valence-electron chi connectivity index (χ0n) is 17.2. The van der Waals surface area contributed by atoms with E-state index < -0.39 is 0 Å². The van der Waals surface area contributed by atoms with Crippen LogP contribution in [0, 0.1) is 0 Å². The second-order valence-electron chi connectivity index (χ2n) is 6.91. The second-order valence-corrected chi connectivity index (χ2v) is 7.68. The van der Waals surface area contributed by atoms with Gasteiger partial charge in [0.25, 0.3) is 0 Å². The molecule has 1 heterocycles. The van der Waals surface area contributed by atoms with Crippen molar-refractivity contribution >= 4 is 41.7 Å². The fourth-order valence-electron chi connectivity index (χ4n) is 3.50. The summed E-state index contributed by atoms with van der Waals surface area (Å²) in [5.74, 6) is 2.07. The molecule has 0 saturated heterocycles. The average molecular weight is 509 g/mol. The standard InChI is InChI=1S/C19H36N6S.HI/c1-4-6-9-14-21-18(20-5-2)22-15-10-13-17-23-24-19(26-3)25(17)16-11-7-8-12-16;/h16H,4-15H2,1-3H3,(H2,20,21,22);1H. The summed E-state index contributed by atoms with van der Waals surface area (Å²) in [5, 5.41) is 16.7. The van der Waals surface area contributed by atoms with Gasteiger partial charge in [0, 0.05) is 32.1 Å². The third kappa shape index (κ3) is 8.17. The Kier molecular flexibility index (Phi) is 13.2. The molecule has 1 aliphatic carbocycles. The van der Waals surface area contributed by atoms with Crippen LogP contribution in [0.3, 0.4) is 0 Å². The van der Waals surface area contributed by atoms with Crippen molar-refractivity contribution in [2.24, 2.45) is 4.99 Å². The molecule has 0 spiro atoms. The zero-order valence-corrected chi connectivity index (χ0v) is 20.3. The summed E-state index contributed by atoms with van der Waals surface area (Å²) in [6, 6.07) is 0.600. The lowest BCUT2D eigenvalue weighted by Gasteiger charge is -2.16. The Balaban J connectivity index is 0.00000364. The molecular formula is C19H37IN6S. The lowest BCUT2D eigenvalue weighted by atomic mass is 10.2. The van der Waals surface area contributed by atoms with Crippen LogP contribution in [-0.2, 0) is 6.42 Å². The summed E-state index contributed by atoms with van der Waals surface area (Å²) in [6.45, 7) is 7.04. The molecule has 0 bridgehead atoms. The van der Waals surface area contributed by atoms with E-state index in [0.717, 1.165) is 49.4 Å². The quantitative estimate of drug-likeness (QED) is 0.152. The van der Waals surface area contributed by atoms with Gasteiger partial charge in [0.1, 0.15) is 5.82 Å². The van der Waals surface area contributed by atoms with Crippen molar-refractivity contribution in [2.75, 3.05) is 25.9 Å². The van der Waals surface area contributed by atoms with Crippen molar-refractivity contribution < 1.29 is 0 Å². The fourth-order valence-corrected chi connectivity index (χ4v) is 4.07. The fraction of sp³-hybridized carbons (Fsp3) is 0.842. The Labute approximate surface area is 186 Å². The minimum absolute atomic E-state index is 0. The summed E-state index contributed by atoms with van der Waals surface area (Å²) in [6.07, 6.45) is 12.9. The molecule has 1 saturated carbocycles. The van der Waals surface area contributed by atoms with Gasteiger partial charge in [-0.3, -0.25) is 4.99 Å². The monoisotopic (exact) mass is 508 g/mol. The van der Waals surface area contributed by atoms with Gasteiger partial charge in [-0.15, -0.1) is 34.2 Å². The number of nitrogens with zero attached hydrogens (tertiary/aromatic N) is 4. The van der Waals surface area contributed by atoms with Crippen LogP contribution < -0.4 is 10.6 Å². The number of halogens is 1. The highest BCUT2D eigenvalue weighted by molar-refractivity contribution is 14.0. The number of hydrogen-bond donors (Lipinski definition) is 2. The Morgan fingerprint density at radius 1 is 1.15 bits per heavy atom. The van der Waals surface area contributed by atoms with Crippen LogP contribution in [0.15, 0.2) is 10.1 Å². The van der Waals surface area contributed by atoms with Crippen LogP contribution in [0.25, 0.3) is 0 Å². The molecule has 2 N–H and O–H groups in total. The number of aryl methyl sites for hydroxylation is 1. The van der Waals surface area contributed by atoms with Gasteiger partial charge >= 0.3 is 0 Å². The highest BCUT2D eigenvalue weighted by atomic mass is 127. The molecule has 156 valence electrons. The molecule has 1 aromatic heterocycles. The average Bonchev–Trinajstić information content (AvgIpc) is 3.31.